The van der Waals surface area contributed by atoms with E-state index in [9.17, 15) is 14.4 Å². The van der Waals surface area contributed by atoms with E-state index in [1.165, 1.54) is 0 Å². The Balaban J connectivity index is 1.45. The highest BCUT2D eigenvalue weighted by Gasteiger charge is 2.50. The summed E-state index contributed by atoms with van der Waals surface area (Å²) in [6, 6.07) is 13.3. The second kappa shape index (κ2) is 8.82. The van der Waals surface area contributed by atoms with Gasteiger partial charge in [-0.05, 0) is 42.2 Å². The highest BCUT2D eigenvalue weighted by atomic mass is 35.5. The predicted octanol–water partition coefficient (Wildman–Crippen LogP) is 4.76. The molecular formula is C27H28Cl2N4O3. The van der Waals surface area contributed by atoms with Crippen molar-refractivity contribution in [2.24, 2.45) is 11.1 Å². The number of piperazine rings is 1. The van der Waals surface area contributed by atoms with Gasteiger partial charge in [0, 0.05) is 29.0 Å². The number of nitrogens with zero attached hydrogens (tertiary/aromatic N) is 3. The normalized spacial score (nSPS) is 20.2. The van der Waals surface area contributed by atoms with Gasteiger partial charge in [-0.2, -0.15) is 0 Å². The molecule has 7 nitrogen and oxygen atoms in total. The van der Waals surface area contributed by atoms with E-state index in [0.717, 1.165) is 10.9 Å². The highest BCUT2D eigenvalue weighted by Crippen LogP contribution is 2.41. The van der Waals surface area contributed by atoms with Gasteiger partial charge in [0.15, 0.2) is 0 Å². The second-order valence-corrected chi connectivity index (χ2v) is 11.6. The molecule has 2 aliphatic rings. The Morgan fingerprint density at radius 2 is 1.64 bits per heavy atom. The Kier molecular flexibility index (Phi) is 6.04. The summed E-state index contributed by atoms with van der Waals surface area (Å²) in [4.78, 5) is 43.5. The van der Waals surface area contributed by atoms with Crippen molar-refractivity contribution >= 4 is 51.8 Å². The first kappa shape index (κ1) is 24.7. The van der Waals surface area contributed by atoms with E-state index in [0.29, 0.717) is 40.8 Å². The summed E-state index contributed by atoms with van der Waals surface area (Å²) in [5.74, 6) is -0.806. The molecule has 3 atom stereocenters. The predicted molar refractivity (Wildman–Crippen MR) is 140 cm³/mol. The fraction of sp³-hybridized carbons (Fsp3) is 0.370. The van der Waals surface area contributed by atoms with E-state index < -0.39 is 17.4 Å². The summed E-state index contributed by atoms with van der Waals surface area (Å²) >= 11 is 12.3. The number of rotatable bonds is 4. The van der Waals surface area contributed by atoms with Crippen LogP contribution >= 0.6 is 23.2 Å². The molecule has 0 spiro atoms. The van der Waals surface area contributed by atoms with Gasteiger partial charge in [0.2, 0.25) is 5.91 Å². The number of halogens is 2. The molecule has 36 heavy (non-hydrogen) atoms. The van der Waals surface area contributed by atoms with Crippen LogP contribution in [-0.4, -0.2) is 57.3 Å². The van der Waals surface area contributed by atoms with Gasteiger partial charge in [0.1, 0.15) is 11.7 Å². The minimum absolute atomic E-state index is 0.0736. The van der Waals surface area contributed by atoms with Gasteiger partial charge in [-0.3, -0.25) is 14.4 Å². The Hall–Kier alpha value is -3.03. The van der Waals surface area contributed by atoms with Crippen LogP contribution in [0.5, 0.6) is 0 Å². The van der Waals surface area contributed by atoms with Crippen molar-refractivity contribution in [1.29, 1.82) is 0 Å². The van der Waals surface area contributed by atoms with Crippen molar-refractivity contribution in [2.45, 2.75) is 45.3 Å². The van der Waals surface area contributed by atoms with Crippen LogP contribution in [0.25, 0.3) is 10.9 Å². The first-order valence-electron chi connectivity index (χ1n) is 11.9. The maximum Gasteiger partial charge on any atom is 0.265 e. The molecule has 2 aliphatic heterocycles. The Bertz CT molecular complexity index is 1390. The molecule has 9 heteroatoms. The Morgan fingerprint density at radius 1 is 0.972 bits per heavy atom. The zero-order chi connectivity index (χ0) is 25.9. The largest absolute Gasteiger partial charge is 0.364 e. The molecule has 188 valence electrons. The monoisotopic (exact) mass is 526 g/mol. The number of benzene rings is 2. The summed E-state index contributed by atoms with van der Waals surface area (Å²) in [6.45, 7) is 6.82. The van der Waals surface area contributed by atoms with Crippen LogP contribution in [0.4, 0.5) is 0 Å². The van der Waals surface area contributed by atoms with E-state index in [4.69, 9.17) is 28.9 Å². The molecule has 0 aliphatic carbocycles. The van der Waals surface area contributed by atoms with Crippen molar-refractivity contribution in [3.8, 4) is 0 Å². The lowest BCUT2D eigenvalue weighted by molar-refractivity contribution is -0.140. The van der Waals surface area contributed by atoms with Gasteiger partial charge >= 0.3 is 0 Å². The maximum absolute atomic E-state index is 14.2. The highest BCUT2D eigenvalue weighted by molar-refractivity contribution is 6.36. The van der Waals surface area contributed by atoms with Crippen molar-refractivity contribution in [3.63, 3.8) is 0 Å². The number of likely N-dealkylation sites (tertiary alicyclic amines) is 2. The van der Waals surface area contributed by atoms with Crippen LogP contribution in [0.1, 0.15) is 54.1 Å². The van der Waals surface area contributed by atoms with Crippen LogP contribution in [0, 0.1) is 5.41 Å². The molecule has 1 aromatic heterocycles. The zero-order valence-corrected chi connectivity index (χ0v) is 21.9. The molecule has 3 aromatic rings. The molecule has 3 heterocycles. The lowest BCUT2D eigenvalue weighted by Gasteiger charge is -2.40. The maximum atomic E-state index is 14.2. The fourth-order valence-corrected chi connectivity index (χ4v) is 6.16. The first-order chi connectivity index (χ1) is 17.0. The third-order valence-corrected chi connectivity index (χ3v) is 7.81. The van der Waals surface area contributed by atoms with Crippen LogP contribution < -0.4 is 5.73 Å². The van der Waals surface area contributed by atoms with E-state index in [2.05, 4.69) is 0 Å². The van der Waals surface area contributed by atoms with Crippen molar-refractivity contribution in [3.05, 3.63) is 69.8 Å². The molecular weight excluding hydrogens is 499 g/mol. The molecule has 5 rings (SSSR count). The van der Waals surface area contributed by atoms with E-state index in [-0.39, 0.29) is 23.9 Å². The number of carbonyl (C=O) groups is 3. The average Bonchev–Trinajstić information content (AvgIpc) is 3.51. The molecule has 2 fully saturated rings. The molecule has 0 unspecified atom stereocenters. The second-order valence-electron chi connectivity index (χ2n) is 10.7. The van der Waals surface area contributed by atoms with Gasteiger partial charge in [-0.25, -0.2) is 0 Å². The number of hydrogen-bond acceptors (Lipinski definition) is 3. The van der Waals surface area contributed by atoms with Gasteiger partial charge in [-0.15, -0.1) is 0 Å². The van der Waals surface area contributed by atoms with Crippen LogP contribution in [0.2, 0.25) is 10.0 Å². The third kappa shape index (κ3) is 4.04. The number of carbonyl (C=O) groups excluding carboxylic acids is 3. The molecule has 2 aromatic carbocycles. The number of hydrogen-bond donors (Lipinski definition) is 1. The SMILES string of the molecule is CC(C)(C)[C@@H](C(=O)N1C[C@@H]2C[C@H]1CN2C(=O)c1ccc(Cl)cc1Cl)n1c(C(N)=O)cc2ccccc21. The van der Waals surface area contributed by atoms with Crippen LogP contribution in [0.15, 0.2) is 48.5 Å². The Labute approximate surface area is 219 Å². The lowest BCUT2D eigenvalue weighted by Crippen LogP contribution is -2.53. The van der Waals surface area contributed by atoms with Gasteiger partial charge < -0.3 is 20.1 Å². The quantitative estimate of drug-likeness (QED) is 0.531. The van der Waals surface area contributed by atoms with Gasteiger partial charge in [0.25, 0.3) is 11.8 Å². The number of fused-ring (bicyclic) bond motifs is 3. The van der Waals surface area contributed by atoms with Crippen molar-refractivity contribution in [1.82, 2.24) is 14.4 Å². The first-order valence-corrected chi connectivity index (χ1v) is 12.7. The fourth-order valence-electron chi connectivity index (χ4n) is 5.67. The molecule has 2 saturated heterocycles. The molecule has 2 N–H and O–H groups in total. The number of aromatic nitrogens is 1. The minimum Gasteiger partial charge on any atom is -0.364 e. The summed E-state index contributed by atoms with van der Waals surface area (Å²) in [7, 11) is 0. The lowest BCUT2D eigenvalue weighted by atomic mass is 9.85. The molecule has 0 radical (unpaired) electrons. The van der Waals surface area contributed by atoms with Crippen LogP contribution in [-0.2, 0) is 4.79 Å². The van der Waals surface area contributed by atoms with E-state index >= 15 is 0 Å². The number of primary amides is 1. The van der Waals surface area contributed by atoms with E-state index in [1.54, 1.807) is 33.7 Å². The van der Waals surface area contributed by atoms with Gasteiger partial charge in [-0.1, -0.05) is 62.2 Å². The zero-order valence-electron chi connectivity index (χ0n) is 20.4. The summed E-state index contributed by atoms with van der Waals surface area (Å²) in [6.07, 6.45) is 0.703. The van der Waals surface area contributed by atoms with Gasteiger partial charge in [0.05, 0.1) is 22.7 Å². The van der Waals surface area contributed by atoms with Crippen molar-refractivity contribution in [2.75, 3.05) is 13.1 Å². The summed E-state index contributed by atoms with van der Waals surface area (Å²) in [5, 5.41) is 1.64. The molecule has 2 bridgehead atoms. The summed E-state index contributed by atoms with van der Waals surface area (Å²) < 4.78 is 1.79. The average molecular weight is 527 g/mol. The standard InChI is InChI=1S/C27H28Cl2N4O3/c1-27(2,3)23(33-21-7-5-4-6-15(21)10-22(33)24(30)34)26(36)32-14-17-12-18(32)13-31(17)25(35)19-9-8-16(28)11-20(19)29/h4-11,17-18,23H,12-14H2,1-3H3,(H2,30,34)/t17-,18-,23+/m0/s1. The minimum atomic E-state index is -0.644. The van der Waals surface area contributed by atoms with E-state index in [1.807, 2.05) is 49.9 Å². The Morgan fingerprint density at radius 3 is 2.25 bits per heavy atom. The summed E-state index contributed by atoms with van der Waals surface area (Å²) in [5.41, 5.74) is 6.76. The molecule has 3 amide bonds. The molecule has 0 saturated carbocycles. The van der Waals surface area contributed by atoms with Crippen LogP contribution in [0.3, 0.4) is 0 Å². The third-order valence-electron chi connectivity index (χ3n) is 7.26. The number of nitrogens with two attached hydrogens (primary N) is 1. The van der Waals surface area contributed by atoms with Crippen molar-refractivity contribution < 1.29 is 14.4 Å². The number of amides is 3. The number of para-hydroxylation sites is 1. The smallest absolute Gasteiger partial charge is 0.265 e. The topological polar surface area (TPSA) is 88.6 Å².